The van der Waals surface area contributed by atoms with Crippen LogP contribution in [0.5, 0.6) is 0 Å². The van der Waals surface area contributed by atoms with Crippen molar-refractivity contribution in [2.45, 2.75) is 264 Å². The monoisotopic (exact) mass is 893 g/mol. The van der Waals surface area contributed by atoms with Gasteiger partial charge < -0.3 is 14.2 Å². The third-order valence-corrected chi connectivity index (χ3v) is 11.5. The summed E-state index contributed by atoms with van der Waals surface area (Å²) in [5, 5.41) is 0. The molecule has 0 aromatic rings. The predicted molar refractivity (Wildman–Crippen MR) is 274 cm³/mol. The molecular weight excluding hydrogens is 793 g/mol. The highest BCUT2D eigenvalue weighted by Crippen LogP contribution is 2.14. The molecule has 6 heteroatoms. The van der Waals surface area contributed by atoms with E-state index in [1.807, 2.05) is 0 Å². The molecule has 0 amide bonds. The molecule has 0 aliphatic heterocycles. The fourth-order valence-corrected chi connectivity index (χ4v) is 7.36. The van der Waals surface area contributed by atoms with Gasteiger partial charge in [0.1, 0.15) is 13.2 Å². The summed E-state index contributed by atoms with van der Waals surface area (Å²) in [5.41, 5.74) is 0. The Labute approximate surface area is 395 Å². The Morgan fingerprint density at radius 3 is 0.969 bits per heavy atom. The van der Waals surface area contributed by atoms with Crippen molar-refractivity contribution in [3.63, 3.8) is 0 Å². The molecule has 0 aliphatic carbocycles. The lowest BCUT2D eigenvalue weighted by Crippen LogP contribution is -2.30. The van der Waals surface area contributed by atoms with E-state index in [2.05, 4.69) is 93.7 Å². The highest BCUT2D eigenvalue weighted by atomic mass is 16.6. The Hall–Kier alpha value is -3.15. The van der Waals surface area contributed by atoms with Gasteiger partial charge in [-0.05, 0) is 89.9 Å². The van der Waals surface area contributed by atoms with E-state index in [1.54, 1.807) is 0 Å². The first-order chi connectivity index (χ1) is 31.5. The second kappa shape index (κ2) is 52.5. The molecule has 0 saturated heterocycles. The summed E-state index contributed by atoms with van der Waals surface area (Å²) < 4.78 is 16.8. The van der Waals surface area contributed by atoms with Crippen molar-refractivity contribution in [3.05, 3.63) is 72.9 Å². The van der Waals surface area contributed by atoms with Gasteiger partial charge in [0.05, 0.1) is 0 Å². The third-order valence-electron chi connectivity index (χ3n) is 11.5. The molecule has 0 spiro atoms. The summed E-state index contributed by atoms with van der Waals surface area (Å²) in [6.07, 6.45) is 66.0. The van der Waals surface area contributed by atoms with Crippen LogP contribution in [0.2, 0.25) is 0 Å². The third kappa shape index (κ3) is 49.9. The van der Waals surface area contributed by atoms with Crippen LogP contribution in [0.1, 0.15) is 258 Å². The predicted octanol–water partition coefficient (Wildman–Crippen LogP) is 17.8. The number of ether oxygens (including phenoxy) is 3. The van der Waals surface area contributed by atoms with Crippen LogP contribution >= 0.6 is 0 Å². The smallest absolute Gasteiger partial charge is 0.306 e. The molecule has 368 valence electrons. The molecule has 1 atom stereocenters. The van der Waals surface area contributed by atoms with E-state index in [0.717, 1.165) is 122 Å². The molecule has 0 aliphatic rings. The minimum Gasteiger partial charge on any atom is -0.462 e. The lowest BCUT2D eigenvalue weighted by Gasteiger charge is -2.18. The molecule has 6 nitrogen and oxygen atoms in total. The number of esters is 3. The molecule has 0 fully saturated rings. The van der Waals surface area contributed by atoms with Crippen LogP contribution in [0.25, 0.3) is 0 Å². The van der Waals surface area contributed by atoms with Gasteiger partial charge in [-0.25, -0.2) is 0 Å². The van der Waals surface area contributed by atoms with Crippen molar-refractivity contribution in [1.82, 2.24) is 0 Å². The van der Waals surface area contributed by atoms with Crippen molar-refractivity contribution >= 4 is 17.9 Å². The van der Waals surface area contributed by atoms with Gasteiger partial charge >= 0.3 is 17.9 Å². The zero-order chi connectivity index (χ0) is 46.5. The molecule has 0 rings (SSSR count). The van der Waals surface area contributed by atoms with Gasteiger partial charge in [0.2, 0.25) is 0 Å². The molecule has 0 aromatic carbocycles. The second-order valence-electron chi connectivity index (χ2n) is 17.9. The highest BCUT2D eigenvalue weighted by Gasteiger charge is 2.19. The first-order valence-corrected chi connectivity index (χ1v) is 27.0. The lowest BCUT2D eigenvalue weighted by atomic mass is 10.1. The number of unbranched alkanes of at least 4 members (excludes halogenated alkanes) is 28. The van der Waals surface area contributed by atoms with Crippen LogP contribution in [0.4, 0.5) is 0 Å². The molecule has 0 radical (unpaired) electrons. The number of rotatable bonds is 48. The van der Waals surface area contributed by atoms with Gasteiger partial charge in [-0.15, -0.1) is 0 Å². The van der Waals surface area contributed by atoms with E-state index >= 15 is 0 Å². The second-order valence-corrected chi connectivity index (χ2v) is 17.9. The SMILES string of the molecule is CCCC/C=C\CCCCCCC(=O)OCC(COC(=O)CCCCCCC\C=C/C=C\C=C/CCCCCCC)OC(=O)CCCCCCC/C=C\C=C/CCCCCCCCC. The Kier molecular flexibility index (Phi) is 49.9. The summed E-state index contributed by atoms with van der Waals surface area (Å²) in [6.45, 7) is 6.54. The number of hydrogen-bond acceptors (Lipinski definition) is 6. The zero-order valence-electron chi connectivity index (χ0n) is 42.0. The molecule has 0 bridgehead atoms. The largest absolute Gasteiger partial charge is 0.462 e. The van der Waals surface area contributed by atoms with E-state index in [9.17, 15) is 14.4 Å². The zero-order valence-corrected chi connectivity index (χ0v) is 42.0. The maximum absolute atomic E-state index is 12.8. The Balaban J connectivity index is 4.42. The normalized spacial score (nSPS) is 12.6. The summed E-state index contributed by atoms with van der Waals surface area (Å²) in [6, 6.07) is 0. The van der Waals surface area contributed by atoms with Gasteiger partial charge in [0.15, 0.2) is 6.10 Å². The topological polar surface area (TPSA) is 78.9 Å². The standard InChI is InChI=1S/C58H100O6/c1-4-7-10-13-16-19-22-24-26-28-30-32-34-36-39-42-45-48-51-57(60)63-54-55(53-62-56(59)50-47-44-41-38-21-18-15-12-9-6-3)64-58(61)52-49-46-43-40-37-35-33-31-29-27-25-23-20-17-14-11-8-5-2/h15,18,22,24,26-33,55H,4-14,16-17,19-21,23,25,34-54H2,1-3H3/b18-15-,24-22-,28-26-,29-27-,32-30-,33-31-. The van der Waals surface area contributed by atoms with Crippen LogP contribution in [-0.4, -0.2) is 37.2 Å². The number of carbonyl (C=O) groups is 3. The summed E-state index contributed by atoms with van der Waals surface area (Å²) in [7, 11) is 0. The maximum atomic E-state index is 12.8. The van der Waals surface area contributed by atoms with E-state index in [4.69, 9.17) is 14.2 Å². The molecule has 0 aromatic heterocycles. The van der Waals surface area contributed by atoms with Gasteiger partial charge in [0.25, 0.3) is 0 Å². The van der Waals surface area contributed by atoms with E-state index < -0.39 is 6.10 Å². The fourth-order valence-electron chi connectivity index (χ4n) is 7.36. The van der Waals surface area contributed by atoms with Gasteiger partial charge in [0, 0.05) is 19.3 Å². The Morgan fingerprint density at radius 2 is 0.594 bits per heavy atom. The molecule has 1 unspecified atom stereocenters. The van der Waals surface area contributed by atoms with Crippen LogP contribution in [0.3, 0.4) is 0 Å². The summed E-state index contributed by atoms with van der Waals surface area (Å²) in [4.78, 5) is 38.0. The number of allylic oxidation sites excluding steroid dienone is 12. The van der Waals surface area contributed by atoms with Crippen molar-refractivity contribution in [1.29, 1.82) is 0 Å². The Morgan fingerprint density at radius 1 is 0.312 bits per heavy atom. The van der Waals surface area contributed by atoms with E-state index in [1.165, 1.54) is 96.3 Å². The molecular formula is C58H100O6. The fraction of sp³-hybridized carbons (Fsp3) is 0.741. The van der Waals surface area contributed by atoms with Crippen LogP contribution in [0.15, 0.2) is 72.9 Å². The van der Waals surface area contributed by atoms with Crippen LogP contribution < -0.4 is 0 Å². The average molecular weight is 893 g/mol. The van der Waals surface area contributed by atoms with Gasteiger partial charge in [-0.1, -0.05) is 222 Å². The average Bonchev–Trinajstić information content (AvgIpc) is 3.29. The molecule has 64 heavy (non-hydrogen) atoms. The van der Waals surface area contributed by atoms with Crippen LogP contribution in [0, 0.1) is 0 Å². The first-order valence-electron chi connectivity index (χ1n) is 27.0. The summed E-state index contributed by atoms with van der Waals surface area (Å²) in [5.74, 6) is -0.940. The van der Waals surface area contributed by atoms with Gasteiger partial charge in [-0.3, -0.25) is 14.4 Å². The maximum Gasteiger partial charge on any atom is 0.306 e. The van der Waals surface area contributed by atoms with Crippen molar-refractivity contribution < 1.29 is 28.6 Å². The highest BCUT2D eigenvalue weighted by molar-refractivity contribution is 5.71. The lowest BCUT2D eigenvalue weighted by molar-refractivity contribution is -0.167. The molecule has 0 N–H and O–H groups in total. The number of carbonyl (C=O) groups excluding carboxylic acids is 3. The minimum atomic E-state index is -0.796. The van der Waals surface area contributed by atoms with E-state index in [0.29, 0.717) is 19.3 Å². The van der Waals surface area contributed by atoms with Crippen LogP contribution in [-0.2, 0) is 28.6 Å². The van der Waals surface area contributed by atoms with Crippen molar-refractivity contribution in [2.24, 2.45) is 0 Å². The van der Waals surface area contributed by atoms with Crippen molar-refractivity contribution in [3.8, 4) is 0 Å². The number of hydrogen-bond donors (Lipinski definition) is 0. The molecule has 0 heterocycles. The van der Waals surface area contributed by atoms with Gasteiger partial charge in [-0.2, -0.15) is 0 Å². The quantitative estimate of drug-likeness (QED) is 0.0199. The summed E-state index contributed by atoms with van der Waals surface area (Å²) >= 11 is 0. The van der Waals surface area contributed by atoms with E-state index in [-0.39, 0.29) is 31.1 Å². The van der Waals surface area contributed by atoms with Crippen molar-refractivity contribution in [2.75, 3.05) is 13.2 Å². The Bertz CT molecular complexity index is 1210. The first kappa shape index (κ1) is 60.9. The minimum absolute atomic E-state index is 0.0949. The molecule has 0 saturated carbocycles.